The molecule has 4 nitrogen and oxygen atoms in total. The number of hydrogen-bond acceptors (Lipinski definition) is 3. The zero-order chi connectivity index (χ0) is 22.3. The average Bonchev–Trinajstić information content (AvgIpc) is 2.80. The van der Waals surface area contributed by atoms with E-state index in [1.165, 1.54) is 22.9 Å². The quantitative estimate of drug-likeness (QED) is 0.254. The maximum Gasteiger partial charge on any atom is 0.244 e. The molecule has 0 unspecified atom stereocenters. The van der Waals surface area contributed by atoms with Crippen LogP contribution in [0.3, 0.4) is 0 Å². The summed E-state index contributed by atoms with van der Waals surface area (Å²) in [6, 6.07) is 25.8. The molecule has 1 N–H and O–H groups in total. The van der Waals surface area contributed by atoms with Gasteiger partial charge in [0.25, 0.3) is 0 Å². The Labute approximate surface area is 193 Å². The topological polar surface area (TPSA) is 50.7 Å². The molecule has 0 aliphatic rings. The molecule has 0 atom stereocenters. The van der Waals surface area contributed by atoms with Crippen LogP contribution < -0.4 is 10.2 Å². The maximum absolute atomic E-state index is 12.9. The minimum Gasteiger partial charge on any atom is -0.488 e. The van der Waals surface area contributed by atoms with Gasteiger partial charge in [-0.25, -0.2) is 9.82 Å². The Bertz CT molecular complexity index is 1270. The van der Waals surface area contributed by atoms with Crippen molar-refractivity contribution >= 4 is 38.8 Å². The number of benzene rings is 4. The molecular formula is C26H20BrFN2O2. The monoisotopic (exact) mass is 490 g/mol. The van der Waals surface area contributed by atoms with Gasteiger partial charge < -0.3 is 4.74 Å². The number of halogens is 2. The molecule has 0 aliphatic heterocycles. The molecule has 0 heterocycles. The van der Waals surface area contributed by atoms with Crippen LogP contribution >= 0.6 is 15.9 Å². The van der Waals surface area contributed by atoms with Crippen molar-refractivity contribution in [1.29, 1.82) is 0 Å². The van der Waals surface area contributed by atoms with E-state index in [1.54, 1.807) is 18.3 Å². The summed E-state index contributed by atoms with van der Waals surface area (Å²) in [5, 5.41) is 6.35. The summed E-state index contributed by atoms with van der Waals surface area (Å²) in [5.74, 6) is 0.111. The number of nitrogens with one attached hydrogen (secondary N) is 1. The summed E-state index contributed by atoms with van der Waals surface area (Å²) in [6.45, 7) is 0.451. The Hall–Kier alpha value is -3.51. The first-order valence-corrected chi connectivity index (χ1v) is 10.8. The maximum atomic E-state index is 12.9. The number of nitrogens with zero attached hydrogens (tertiary/aromatic N) is 1. The number of carbonyl (C=O) groups is 1. The van der Waals surface area contributed by atoms with Crippen LogP contribution in [0.2, 0.25) is 0 Å². The van der Waals surface area contributed by atoms with E-state index < -0.39 is 0 Å². The molecule has 160 valence electrons. The summed E-state index contributed by atoms with van der Waals surface area (Å²) < 4.78 is 19.7. The fourth-order valence-electron chi connectivity index (χ4n) is 3.29. The highest BCUT2D eigenvalue weighted by molar-refractivity contribution is 9.10. The molecule has 0 saturated heterocycles. The van der Waals surface area contributed by atoms with Gasteiger partial charge >= 0.3 is 0 Å². The van der Waals surface area contributed by atoms with Crippen molar-refractivity contribution in [2.45, 2.75) is 13.0 Å². The number of amides is 1. The van der Waals surface area contributed by atoms with Crippen molar-refractivity contribution < 1.29 is 13.9 Å². The van der Waals surface area contributed by atoms with E-state index in [4.69, 9.17) is 4.74 Å². The first-order chi connectivity index (χ1) is 15.6. The molecule has 4 aromatic rings. The second-order valence-corrected chi connectivity index (χ2v) is 8.07. The van der Waals surface area contributed by atoms with Gasteiger partial charge in [0.2, 0.25) is 5.91 Å². The number of ether oxygens (including phenoxy) is 1. The third-order valence-electron chi connectivity index (χ3n) is 4.90. The van der Waals surface area contributed by atoms with Gasteiger partial charge in [-0.1, -0.05) is 54.6 Å². The van der Waals surface area contributed by atoms with Gasteiger partial charge in [-0.2, -0.15) is 5.10 Å². The van der Waals surface area contributed by atoms with Crippen LogP contribution in [0.4, 0.5) is 4.39 Å². The molecule has 0 saturated carbocycles. The predicted octanol–water partition coefficient (Wildman–Crippen LogP) is 6.01. The van der Waals surface area contributed by atoms with E-state index in [-0.39, 0.29) is 18.1 Å². The predicted molar refractivity (Wildman–Crippen MR) is 128 cm³/mol. The highest BCUT2D eigenvalue weighted by Gasteiger charge is 2.06. The van der Waals surface area contributed by atoms with E-state index >= 15 is 0 Å². The van der Waals surface area contributed by atoms with Gasteiger partial charge in [0, 0.05) is 0 Å². The minimum atomic E-state index is -0.331. The van der Waals surface area contributed by atoms with Crippen molar-refractivity contribution in [3.8, 4) is 5.75 Å². The Morgan fingerprint density at radius 1 is 1.00 bits per heavy atom. The van der Waals surface area contributed by atoms with Crippen molar-refractivity contribution in [3.63, 3.8) is 0 Å². The van der Waals surface area contributed by atoms with Crippen molar-refractivity contribution in [3.05, 3.63) is 112 Å². The van der Waals surface area contributed by atoms with Crippen LogP contribution in [0.25, 0.3) is 10.8 Å². The highest BCUT2D eigenvalue weighted by atomic mass is 79.9. The molecule has 0 aliphatic carbocycles. The van der Waals surface area contributed by atoms with Crippen LogP contribution in [0.5, 0.6) is 5.75 Å². The van der Waals surface area contributed by atoms with Crippen LogP contribution in [0.1, 0.15) is 16.7 Å². The lowest BCUT2D eigenvalue weighted by molar-refractivity contribution is -0.120. The minimum absolute atomic E-state index is 0.127. The molecule has 32 heavy (non-hydrogen) atoms. The summed E-state index contributed by atoms with van der Waals surface area (Å²) >= 11 is 3.54. The van der Waals surface area contributed by atoms with Crippen LogP contribution in [0, 0.1) is 5.82 Å². The fourth-order valence-corrected chi connectivity index (χ4v) is 3.81. The van der Waals surface area contributed by atoms with E-state index in [0.29, 0.717) is 6.61 Å². The van der Waals surface area contributed by atoms with Gasteiger partial charge in [-0.15, -0.1) is 0 Å². The second-order valence-electron chi connectivity index (χ2n) is 7.21. The lowest BCUT2D eigenvalue weighted by atomic mass is 10.1. The lowest BCUT2D eigenvalue weighted by Gasteiger charge is -2.11. The van der Waals surface area contributed by atoms with Crippen molar-refractivity contribution in [2.24, 2.45) is 5.10 Å². The Kier molecular flexibility index (Phi) is 6.92. The molecule has 6 heteroatoms. The third-order valence-corrected chi connectivity index (χ3v) is 5.52. The SMILES string of the molecule is O=C(Cc1ccc(F)cc1)N/N=C/c1ccc(OCc2cccc3ccccc23)c(Br)c1. The molecule has 4 rings (SSSR count). The molecule has 1 amide bonds. The molecule has 0 fully saturated rings. The molecule has 0 bridgehead atoms. The van der Waals surface area contributed by atoms with Crippen LogP contribution in [-0.4, -0.2) is 12.1 Å². The zero-order valence-electron chi connectivity index (χ0n) is 17.1. The first kappa shape index (κ1) is 21.7. The second kappa shape index (κ2) is 10.2. The normalized spacial score (nSPS) is 11.1. The molecule has 0 radical (unpaired) electrons. The Morgan fingerprint density at radius 3 is 2.59 bits per heavy atom. The third kappa shape index (κ3) is 5.59. The van der Waals surface area contributed by atoms with Crippen LogP contribution in [0.15, 0.2) is 94.5 Å². The van der Waals surface area contributed by atoms with Crippen LogP contribution in [-0.2, 0) is 17.8 Å². The van der Waals surface area contributed by atoms with Gasteiger partial charge in [0.05, 0.1) is 17.1 Å². The van der Waals surface area contributed by atoms with E-state index in [1.807, 2.05) is 36.4 Å². The smallest absolute Gasteiger partial charge is 0.244 e. The van der Waals surface area contributed by atoms with Gasteiger partial charge in [-0.05, 0) is 73.7 Å². The number of fused-ring (bicyclic) bond motifs is 1. The molecule has 0 spiro atoms. The fraction of sp³-hybridized carbons (Fsp3) is 0.0769. The van der Waals surface area contributed by atoms with E-state index in [0.717, 1.165) is 26.9 Å². The lowest BCUT2D eigenvalue weighted by Crippen LogP contribution is -2.19. The van der Waals surface area contributed by atoms with Crippen molar-refractivity contribution in [2.75, 3.05) is 0 Å². The Balaban J connectivity index is 1.34. The number of hydrazone groups is 1. The zero-order valence-corrected chi connectivity index (χ0v) is 18.7. The van der Waals surface area contributed by atoms with E-state index in [9.17, 15) is 9.18 Å². The van der Waals surface area contributed by atoms with Gasteiger partial charge in [0.1, 0.15) is 18.2 Å². The molecule has 0 aromatic heterocycles. The number of rotatable bonds is 7. The average molecular weight is 491 g/mol. The first-order valence-electron chi connectivity index (χ1n) is 10.0. The van der Waals surface area contributed by atoms with Crippen molar-refractivity contribution in [1.82, 2.24) is 5.43 Å². The highest BCUT2D eigenvalue weighted by Crippen LogP contribution is 2.27. The van der Waals surface area contributed by atoms with Gasteiger partial charge in [0.15, 0.2) is 0 Å². The van der Waals surface area contributed by atoms with Gasteiger partial charge in [-0.3, -0.25) is 4.79 Å². The summed E-state index contributed by atoms with van der Waals surface area (Å²) in [5.41, 5.74) is 5.12. The Morgan fingerprint density at radius 2 is 1.78 bits per heavy atom. The summed E-state index contributed by atoms with van der Waals surface area (Å²) in [4.78, 5) is 12.0. The number of hydrogen-bond donors (Lipinski definition) is 1. The largest absolute Gasteiger partial charge is 0.488 e. The molecular weight excluding hydrogens is 471 g/mol. The summed E-state index contributed by atoms with van der Waals surface area (Å²) in [6.07, 6.45) is 1.68. The standard InChI is InChI=1S/C26H20BrFN2O2/c27-24-14-19(16-29-30-26(31)15-18-8-11-22(28)12-9-18)10-13-25(24)32-17-21-6-3-5-20-4-1-2-7-23(20)21/h1-14,16H,15,17H2,(H,30,31)/b29-16+. The molecule has 4 aromatic carbocycles. The number of carbonyl (C=O) groups excluding carboxylic acids is 1. The van der Waals surface area contributed by atoms with E-state index in [2.05, 4.69) is 50.7 Å². The summed E-state index contributed by atoms with van der Waals surface area (Å²) in [7, 11) is 0.